The minimum Gasteiger partial charge on any atom is -0.455 e. The van der Waals surface area contributed by atoms with Gasteiger partial charge in [0, 0.05) is 28.1 Å². The number of hydrogen-bond acceptors (Lipinski definition) is 3. The number of furan rings is 1. The highest BCUT2D eigenvalue weighted by atomic mass is 35.5. The van der Waals surface area contributed by atoms with Gasteiger partial charge in [-0.05, 0) is 47.5 Å². The maximum absolute atomic E-state index is 12.9. The van der Waals surface area contributed by atoms with E-state index >= 15 is 0 Å². The van der Waals surface area contributed by atoms with Crippen molar-refractivity contribution in [2.24, 2.45) is 0 Å². The zero-order chi connectivity index (χ0) is 19.2. The summed E-state index contributed by atoms with van der Waals surface area (Å²) >= 11 is 5.93. The van der Waals surface area contributed by atoms with Crippen LogP contribution in [-0.4, -0.2) is 10.1 Å². The largest absolute Gasteiger partial charge is 0.455 e. The van der Waals surface area contributed by atoms with Crippen molar-refractivity contribution in [1.82, 2.24) is 5.32 Å². The molecule has 0 unspecified atom stereocenters. The van der Waals surface area contributed by atoms with Crippen LogP contribution >= 0.6 is 11.6 Å². The average molecular weight is 406 g/mol. The first-order chi connectivity index (χ1) is 13.0. The van der Waals surface area contributed by atoms with E-state index < -0.39 is 10.8 Å². The maximum atomic E-state index is 12.9. The SMILES string of the molecule is O=C(NCc1ccc(F)cc1)c1ccc(C[S@](=O)Cc2cccc(Cl)c2)o1. The van der Waals surface area contributed by atoms with Crippen LogP contribution in [0.4, 0.5) is 4.39 Å². The highest BCUT2D eigenvalue weighted by Crippen LogP contribution is 2.16. The summed E-state index contributed by atoms with van der Waals surface area (Å²) in [6.07, 6.45) is 0. The van der Waals surface area contributed by atoms with Crippen LogP contribution in [0, 0.1) is 5.82 Å². The van der Waals surface area contributed by atoms with Gasteiger partial charge in [-0.2, -0.15) is 0 Å². The van der Waals surface area contributed by atoms with E-state index in [4.69, 9.17) is 16.0 Å². The summed E-state index contributed by atoms with van der Waals surface area (Å²) in [6, 6.07) is 16.3. The Morgan fingerprint density at radius 1 is 1.04 bits per heavy atom. The molecule has 0 aliphatic carbocycles. The molecule has 0 radical (unpaired) electrons. The summed E-state index contributed by atoms with van der Waals surface area (Å²) in [5.41, 5.74) is 1.66. The molecule has 7 heteroatoms. The Bertz CT molecular complexity index is 956. The van der Waals surface area contributed by atoms with Gasteiger partial charge in [0.15, 0.2) is 5.76 Å². The molecule has 0 fully saturated rings. The molecule has 0 saturated carbocycles. The summed E-state index contributed by atoms with van der Waals surface area (Å²) in [5, 5.41) is 3.30. The van der Waals surface area contributed by atoms with Crippen molar-refractivity contribution >= 4 is 28.3 Å². The topological polar surface area (TPSA) is 59.3 Å². The molecule has 2 aromatic carbocycles. The Balaban J connectivity index is 1.53. The van der Waals surface area contributed by atoms with Gasteiger partial charge in [-0.15, -0.1) is 0 Å². The normalized spacial score (nSPS) is 11.9. The van der Waals surface area contributed by atoms with Crippen molar-refractivity contribution in [3.63, 3.8) is 0 Å². The van der Waals surface area contributed by atoms with Crippen molar-refractivity contribution in [3.8, 4) is 0 Å². The first-order valence-electron chi connectivity index (χ1n) is 8.20. The van der Waals surface area contributed by atoms with Crippen molar-refractivity contribution in [2.75, 3.05) is 0 Å². The molecule has 1 N–H and O–H groups in total. The molecule has 3 rings (SSSR count). The lowest BCUT2D eigenvalue weighted by molar-refractivity contribution is 0.0921. The van der Waals surface area contributed by atoms with Gasteiger partial charge in [-0.1, -0.05) is 35.9 Å². The van der Waals surface area contributed by atoms with Crippen molar-refractivity contribution < 1.29 is 17.8 Å². The maximum Gasteiger partial charge on any atom is 0.287 e. The number of halogens is 2. The third-order valence-corrected chi connectivity index (χ3v) is 5.27. The molecule has 27 heavy (non-hydrogen) atoms. The van der Waals surface area contributed by atoms with E-state index in [1.807, 2.05) is 12.1 Å². The molecule has 4 nitrogen and oxygen atoms in total. The molecule has 0 aliphatic rings. The first kappa shape index (κ1) is 19.3. The molecule has 3 aromatic rings. The molecule has 0 bridgehead atoms. The van der Waals surface area contributed by atoms with Crippen LogP contribution in [0.2, 0.25) is 5.02 Å². The predicted molar refractivity (Wildman–Crippen MR) is 103 cm³/mol. The molecule has 0 saturated heterocycles. The lowest BCUT2D eigenvalue weighted by Gasteiger charge is -2.04. The molecule has 1 heterocycles. The van der Waals surface area contributed by atoms with E-state index in [1.54, 1.807) is 36.4 Å². The van der Waals surface area contributed by atoms with Gasteiger partial charge < -0.3 is 9.73 Å². The number of carbonyl (C=O) groups is 1. The van der Waals surface area contributed by atoms with E-state index in [-0.39, 0.29) is 29.8 Å². The van der Waals surface area contributed by atoms with Crippen molar-refractivity contribution in [2.45, 2.75) is 18.1 Å². The summed E-state index contributed by atoms with van der Waals surface area (Å²) < 4.78 is 30.7. The predicted octanol–water partition coefficient (Wildman–Crippen LogP) is 4.45. The van der Waals surface area contributed by atoms with Gasteiger partial charge in [0.2, 0.25) is 0 Å². The van der Waals surface area contributed by atoms with E-state index in [9.17, 15) is 13.4 Å². The van der Waals surface area contributed by atoms with Crippen LogP contribution in [-0.2, 0) is 28.9 Å². The Morgan fingerprint density at radius 2 is 1.81 bits per heavy atom. The number of benzene rings is 2. The summed E-state index contributed by atoms with van der Waals surface area (Å²) in [4.78, 5) is 12.1. The Hall–Kier alpha value is -2.44. The van der Waals surface area contributed by atoms with E-state index in [2.05, 4.69) is 5.32 Å². The molecule has 1 aromatic heterocycles. The van der Waals surface area contributed by atoms with Gasteiger partial charge in [-0.3, -0.25) is 9.00 Å². The van der Waals surface area contributed by atoms with Gasteiger partial charge in [0.05, 0.1) is 5.75 Å². The quantitative estimate of drug-likeness (QED) is 0.631. The second-order valence-electron chi connectivity index (χ2n) is 5.93. The fourth-order valence-electron chi connectivity index (χ4n) is 2.47. The Kier molecular flexibility index (Phi) is 6.42. The van der Waals surface area contributed by atoms with Crippen molar-refractivity contribution in [1.29, 1.82) is 0 Å². The smallest absolute Gasteiger partial charge is 0.287 e. The number of carbonyl (C=O) groups excluding carboxylic acids is 1. The fraction of sp³-hybridized carbons (Fsp3) is 0.150. The summed E-state index contributed by atoms with van der Waals surface area (Å²) in [6.45, 7) is 0.260. The number of rotatable bonds is 7. The van der Waals surface area contributed by atoms with Crippen LogP contribution in [0.25, 0.3) is 0 Å². The first-order valence-corrected chi connectivity index (χ1v) is 10.1. The number of nitrogens with one attached hydrogen (secondary N) is 1. The third kappa shape index (κ3) is 5.77. The van der Waals surface area contributed by atoms with Crippen LogP contribution in [0.15, 0.2) is 65.1 Å². The standard InChI is InChI=1S/C20H17ClFNO3S/c21-16-3-1-2-15(10-16)12-27(25)13-18-8-9-19(26-18)20(24)23-11-14-4-6-17(22)7-5-14/h1-10H,11-13H2,(H,23,24)/t27-/m1/s1. The molecule has 0 aliphatic heterocycles. The molecule has 140 valence electrons. The highest BCUT2D eigenvalue weighted by Gasteiger charge is 2.13. The molecular weight excluding hydrogens is 389 g/mol. The number of amides is 1. The molecule has 0 spiro atoms. The second kappa shape index (κ2) is 8.97. The van der Waals surface area contributed by atoms with E-state index in [0.717, 1.165) is 11.1 Å². The zero-order valence-electron chi connectivity index (χ0n) is 14.3. The van der Waals surface area contributed by atoms with Crippen LogP contribution in [0.5, 0.6) is 0 Å². The highest BCUT2D eigenvalue weighted by molar-refractivity contribution is 7.83. The van der Waals surface area contributed by atoms with Crippen LogP contribution < -0.4 is 5.32 Å². The van der Waals surface area contributed by atoms with Gasteiger partial charge in [0.1, 0.15) is 11.6 Å². The zero-order valence-corrected chi connectivity index (χ0v) is 15.9. The monoisotopic (exact) mass is 405 g/mol. The fourth-order valence-corrected chi connectivity index (χ4v) is 3.81. The minimum absolute atomic E-state index is 0.145. The number of hydrogen-bond donors (Lipinski definition) is 1. The van der Waals surface area contributed by atoms with E-state index in [1.165, 1.54) is 12.1 Å². The summed E-state index contributed by atoms with van der Waals surface area (Å²) in [5.74, 6) is 0.470. The average Bonchev–Trinajstić information content (AvgIpc) is 3.09. The molecular formula is C20H17ClFNO3S. The van der Waals surface area contributed by atoms with Crippen LogP contribution in [0.3, 0.4) is 0 Å². The Labute approximate surface area is 163 Å². The minimum atomic E-state index is -1.19. The second-order valence-corrected chi connectivity index (χ2v) is 7.83. The Morgan fingerprint density at radius 3 is 2.56 bits per heavy atom. The van der Waals surface area contributed by atoms with E-state index in [0.29, 0.717) is 16.5 Å². The van der Waals surface area contributed by atoms with Gasteiger partial charge in [-0.25, -0.2) is 4.39 Å². The lowest BCUT2D eigenvalue weighted by atomic mass is 10.2. The summed E-state index contributed by atoms with van der Waals surface area (Å²) in [7, 11) is -1.19. The van der Waals surface area contributed by atoms with Gasteiger partial charge in [0.25, 0.3) is 5.91 Å². The van der Waals surface area contributed by atoms with Gasteiger partial charge >= 0.3 is 0 Å². The molecule has 1 atom stereocenters. The lowest BCUT2D eigenvalue weighted by Crippen LogP contribution is -2.22. The van der Waals surface area contributed by atoms with Crippen molar-refractivity contribution in [3.05, 3.63) is 94.2 Å². The van der Waals surface area contributed by atoms with Crippen LogP contribution in [0.1, 0.15) is 27.4 Å². The molecule has 1 amide bonds. The third-order valence-electron chi connectivity index (χ3n) is 3.77.